The molecule has 0 heterocycles. The molecule has 0 aliphatic rings. The van der Waals surface area contributed by atoms with E-state index < -0.39 is 5.60 Å². The Morgan fingerprint density at radius 2 is 1.15 bits per heavy atom. The van der Waals surface area contributed by atoms with Crippen molar-refractivity contribution in [2.45, 2.75) is 33.3 Å². The highest BCUT2D eigenvalue weighted by atomic mass is 16.6. The molecule has 0 spiro atoms. The van der Waals surface area contributed by atoms with Gasteiger partial charge in [-0.3, -0.25) is 4.79 Å². The van der Waals surface area contributed by atoms with Gasteiger partial charge in [0.2, 0.25) is 0 Å². The zero-order valence-corrected chi connectivity index (χ0v) is 17.3. The Morgan fingerprint density at radius 3 is 1.56 bits per heavy atom. The van der Waals surface area contributed by atoms with E-state index in [2.05, 4.69) is 0 Å². The topological polar surface area (TPSA) is 92.8 Å². The summed E-state index contributed by atoms with van der Waals surface area (Å²) in [5, 5.41) is 0. The summed E-state index contributed by atoms with van der Waals surface area (Å²) in [5.74, 6) is -0.314. The number of hydrogen-bond acceptors (Lipinski definition) is 8. The Labute approximate surface area is 162 Å². The van der Waals surface area contributed by atoms with Gasteiger partial charge in [-0.1, -0.05) is 0 Å². The predicted octanol–water partition coefficient (Wildman–Crippen LogP) is 1.48. The average Bonchev–Trinajstić information content (AvgIpc) is 2.56. The highest BCUT2D eigenvalue weighted by Crippen LogP contribution is 2.08. The number of carbonyl (C=O) groups excluding carboxylic acids is 2. The second kappa shape index (κ2) is 15.6. The molecule has 0 atom stereocenters. The molecule has 0 saturated carbocycles. The van der Waals surface area contributed by atoms with E-state index in [9.17, 15) is 9.59 Å². The van der Waals surface area contributed by atoms with E-state index in [4.69, 9.17) is 28.4 Å². The highest BCUT2D eigenvalue weighted by molar-refractivity contribution is 5.67. The van der Waals surface area contributed by atoms with Gasteiger partial charge in [0.15, 0.2) is 0 Å². The monoisotopic (exact) mass is 393 g/mol. The number of likely N-dealkylation sites (N-methyl/N-ethyl adjacent to an activating group) is 1. The first-order valence-corrected chi connectivity index (χ1v) is 9.11. The normalized spacial score (nSPS) is 11.3. The lowest BCUT2D eigenvalue weighted by atomic mass is 10.2. The zero-order valence-electron chi connectivity index (χ0n) is 17.3. The van der Waals surface area contributed by atoms with Gasteiger partial charge < -0.3 is 33.3 Å². The first-order chi connectivity index (χ1) is 12.7. The third kappa shape index (κ3) is 19.2. The molecule has 1 amide bonds. The van der Waals surface area contributed by atoms with E-state index in [1.807, 2.05) is 20.8 Å². The van der Waals surface area contributed by atoms with Gasteiger partial charge >= 0.3 is 12.1 Å². The molecule has 0 aromatic heterocycles. The van der Waals surface area contributed by atoms with Gasteiger partial charge in [-0.25, -0.2) is 4.79 Å². The van der Waals surface area contributed by atoms with Crippen LogP contribution in [0.15, 0.2) is 0 Å². The van der Waals surface area contributed by atoms with Crippen molar-refractivity contribution in [3.63, 3.8) is 0 Å². The summed E-state index contributed by atoms with van der Waals surface area (Å²) in [4.78, 5) is 23.7. The summed E-state index contributed by atoms with van der Waals surface area (Å²) < 4.78 is 31.3. The molecule has 9 heteroatoms. The summed E-state index contributed by atoms with van der Waals surface area (Å²) in [7, 11) is 1.67. The minimum absolute atomic E-state index is 0.256. The lowest BCUT2D eigenvalue weighted by Gasteiger charge is -2.24. The Balaban J connectivity index is 3.29. The number of rotatable bonds is 15. The summed E-state index contributed by atoms with van der Waals surface area (Å²) in [6, 6.07) is 0. The number of amides is 1. The molecule has 0 fully saturated rings. The van der Waals surface area contributed by atoms with Gasteiger partial charge in [-0.05, 0) is 20.8 Å². The molecule has 0 saturated heterocycles. The Bertz CT molecular complexity index is 397. The van der Waals surface area contributed by atoms with E-state index >= 15 is 0 Å². The van der Waals surface area contributed by atoms with E-state index in [0.29, 0.717) is 59.4 Å². The van der Waals surface area contributed by atoms with Crippen molar-refractivity contribution in [3.8, 4) is 0 Å². The molecular formula is C18H35NO8. The molecule has 0 aliphatic carbocycles. The maximum absolute atomic E-state index is 11.7. The van der Waals surface area contributed by atoms with Crippen LogP contribution >= 0.6 is 0 Å². The van der Waals surface area contributed by atoms with Crippen molar-refractivity contribution in [2.75, 3.05) is 73.1 Å². The third-order valence-electron chi connectivity index (χ3n) is 2.93. The van der Waals surface area contributed by atoms with Crippen molar-refractivity contribution in [3.05, 3.63) is 0 Å². The van der Waals surface area contributed by atoms with Gasteiger partial charge in [0.05, 0.1) is 52.9 Å². The maximum atomic E-state index is 11.7. The highest BCUT2D eigenvalue weighted by Gasteiger charge is 2.19. The van der Waals surface area contributed by atoms with Crippen LogP contribution in [0.1, 0.15) is 27.7 Å². The molecule has 0 aromatic rings. The van der Waals surface area contributed by atoms with Crippen molar-refractivity contribution in [1.29, 1.82) is 0 Å². The molecule has 0 N–H and O–H groups in total. The summed E-state index contributed by atoms with van der Waals surface area (Å²) in [6.45, 7) is 11.1. The standard InChI is InChI=1S/C18H35NO8/c1-16(20)26-15-14-25-13-12-24-11-10-23-9-8-22-7-6-19(5)17(21)27-18(2,3)4/h6-15H2,1-5H3. The molecule has 160 valence electrons. The first kappa shape index (κ1) is 25.6. The lowest BCUT2D eigenvalue weighted by Crippen LogP contribution is -2.36. The number of ether oxygens (including phenoxy) is 6. The Kier molecular flexibility index (Phi) is 14.8. The second-order valence-electron chi connectivity index (χ2n) is 6.69. The van der Waals surface area contributed by atoms with Gasteiger partial charge in [0.25, 0.3) is 0 Å². The van der Waals surface area contributed by atoms with Crippen LogP contribution in [0.25, 0.3) is 0 Å². The van der Waals surface area contributed by atoms with Crippen molar-refractivity contribution in [1.82, 2.24) is 4.90 Å². The van der Waals surface area contributed by atoms with E-state index in [0.717, 1.165) is 0 Å². The van der Waals surface area contributed by atoms with Crippen molar-refractivity contribution >= 4 is 12.1 Å². The van der Waals surface area contributed by atoms with E-state index in [-0.39, 0.29) is 18.7 Å². The second-order valence-corrected chi connectivity index (χ2v) is 6.69. The summed E-state index contributed by atoms with van der Waals surface area (Å²) >= 11 is 0. The average molecular weight is 393 g/mol. The lowest BCUT2D eigenvalue weighted by molar-refractivity contribution is -0.142. The van der Waals surface area contributed by atoms with Crippen LogP contribution in [0.3, 0.4) is 0 Å². The first-order valence-electron chi connectivity index (χ1n) is 9.11. The molecule has 0 radical (unpaired) electrons. The molecule has 27 heavy (non-hydrogen) atoms. The van der Waals surface area contributed by atoms with E-state index in [1.54, 1.807) is 7.05 Å². The molecule has 0 bridgehead atoms. The molecule has 0 aromatic carbocycles. The summed E-state index contributed by atoms with van der Waals surface area (Å²) in [5.41, 5.74) is -0.502. The van der Waals surface area contributed by atoms with Gasteiger partial charge in [0, 0.05) is 20.5 Å². The van der Waals surface area contributed by atoms with Crippen LogP contribution in [0.2, 0.25) is 0 Å². The van der Waals surface area contributed by atoms with Crippen LogP contribution < -0.4 is 0 Å². The molecule has 0 unspecified atom stereocenters. The SMILES string of the molecule is CC(=O)OCCOCCOCCOCCOCCN(C)C(=O)OC(C)(C)C. The Morgan fingerprint density at radius 1 is 0.741 bits per heavy atom. The van der Waals surface area contributed by atoms with Gasteiger partial charge in [0.1, 0.15) is 12.2 Å². The van der Waals surface area contributed by atoms with Crippen LogP contribution in [-0.4, -0.2) is 95.6 Å². The fourth-order valence-electron chi connectivity index (χ4n) is 1.64. The minimum Gasteiger partial charge on any atom is -0.463 e. The molecule has 0 rings (SSSR count). The van der Waals surface area contributed by atoms with Gasteiger partial charge in [-0.2, -0.15) is 0 Å². The van der Waals surface area contributed by atoms with E-state index in [1.165, 1.54) is 11.8 Å². The minimum atomic E-state index is -0.502. The molecule has 9 nitrogen and oxygen atoms in total. The number of esters is 1. The Hall–Kier alpha value is -1.42. The van der Waals surface area contributed by atoms with Crippen molar-refractivity contribution in [2.24, 2.45) is 0 Å². The zero-order chi connectivity index (χ0) is 20.5. The fraction of sp³-hybridized carbons (Fsp3) is 0.889. The van der Waals surface area contributed by atoms with Crippen LogP contribution in [0, 0.1) is 0 Å². The number of nitrogens with zero attached hydrogens (tertiary/aromatic N) is 1. The largest absolute Gasteiger partial charge is 0.463 e. The fourth-order valence-corrected chi connectivity index (χ4v) is 1.64. The third-order valence-corrected chi connectivity index (χ3v) is 2.93. The molecular weight excluding hydrogens is 358 g/mol. The summed E-state index contributed by atoms with van der Waals surface area (Å²) in [6.07, 6.45) is -0.366. The maximum Gasteiger partial charge on any atom is 0.410 e. The van der Waals surface area contributed by atoms with Crippen LogP contribution in [-0.2, 0) is 33.2 Å². The van der Waals surface area contributed by atoms with Crippen LogP contribution in [0.5, 0.6) is 0 Å². The molecule has 0 aliphatic heterocycles. The number of hydrogen-bond donors (Lipinski definition) is 0. The quantitative estimate of drug-likeness (QED) is 0.305. The van der Waals surface area contributed by atoms with Crippen molar-refractivity contribution < 1.29 is 38.0 Å². The smallest absolute Gasteiger partial charge is 0.410 e. The van der Waals surface area contributed by atoms with Crippen LogP contribution in [0.4, 0.5) is 4.79 Å². The number of carbonyl (C=O) groups is 2. The van der Waals surface area contributed by atoms with Gasteiger partial charge in [-0.15, -0.1) is 0 Å². The predicted molar refractivity (Wildman–Crippen MR) is 98.8 cm³/mol.